The van der Waals surface area contributed by atoms with Gasteiger partial charge in [0.1, 0.15) is 11.4 Å². The van der Waals surface area contributed by atoms with Crippen LogP contribution in [0, 0.1) is 10.1 Å². The minimum atomic E-state index is -0.688. The van der Waals surface area contributed by atoms with Gasteiger partial charge in [0.25, 0.3) is 0 Å². The van der Waals surface area contributed by atoms with E-state index >= 15 is 0 Å². The quantitative estimate of drug-likeness (QED) is 0.515. The molecule has 0 aliphatic rings. The Hall–Kier alpha value is -2.60. The minimum Gasteiger partial charge on any atom is -0.506 e. The van der Waals surface area contributed by atoms with E-state index in [0.29, 0.717) is 5.02 Å². The lowest BCUT2D eigenvalue weighted by Gasteiger charge is -2.01. The predicted molar refractivity (Wildman–Crippen MR) is 75.1 cm³/mol. The highest BCUT2D eigenvalue weighted by molar-refractivity contribution is 6.30. The number of aromatic hydroxyl groups is 2. The van der Waals surface area contributed by atoms with Crippen molar-refractivity contribution in [1.29, 1.82) is 0 Å². The minimum absolute atomic E-state index is 0.126. The van der Waals surface area contributed by atoms with Crippen molar-refractivity contribution in [3.8, 4) is 11.5 Å². The molecule has 2 aromatic carbocycles. The second kappa shape index (κ2) is 5.58. The Morgan fingerprint density at radius 1 is 1.25 bits per heavy atom. The first-order chi connectivity index (χ1) is 9.49. The van der Waals surface area contributed by atoms with Crippen LogP contribution < -0.4 is 0 Å². The molecule has 20 heavy (non-hydrogen) atoms. The first-order valence-electron chi connectivity index (χ1n) is 5.48. The van der Waals surface area contributed by atoms with Gasteiger partial charge in [0.05, 0.1) is 4.92 Å². The molecule has 2 N–H and O–H groups in total. The number of aliphatic imine (C=N–C) groups is 1. The van der Waals surface area contributed by atoms with Crippen LogP contribution in [0.3, 0.4) is 0 Å². The third kappa shape index (κ3) is 2.86. The SMILES string of the molecule is O=[N+]([O-])c1cccc(C=Nc2ccc(Cl)cc2O)c1O. The molecular formula is C13H9ClN2O4. The molecule has 0 aliphatic carbocycles. The first-order valence-corrected chi connectivity index (χ1v) is 5.86. The number of benzene rings is 2. The summed E-state index contributed by atoms with van der Waals surface area (Å²) in [5.41, 5.74) is 0.00290. The summed E-state index contributed by atoms with van der Waals surface area (Å²) in [7, 11) is 0. The van der Waals surface area contributed by atoms with E-state index in [9.17, 15) is 20.3 Å². The highest BCUT2D eigenvalue weighted by Gasteiger charge is 2.15. The number of phenolic OH excluding ortho intramolecular Hbond substituents is 2. The van der Waals surface area contributed by atoms with Crippen LogP contribution in [-0.2, 0) is 0 Å². The number of hydrogen-bond acceptors (Lipinski definition) is 5. The van der Waals surface area contributed by atoms with E-state index in [2.05, 4.69) is 4.99 Å². The van der Waals surface area contributed by atoms with Crippen LogP contribution in [0.4, 0.5) is 11.4 Å². The second-order valence-corrected chi connectivity index (χ2v) is 4.30. The number of rotatable bonds is 3. The summed E-state index contributed by atoms with van der Waals surface area (Å²) in [6.07, 6.45) is 1.23. The van der Waals surface area contributed by atoms with E-state index in [1.807, 2.05) is 0 Å². The van der Waals surface area contributed by atoms with Gasteiger partial charge in [-0.1, -0.05) is 17.7 Å². The predicted octanol–water partition coefficient (Wildman–Crippen LogP) is 3.41. The number of hydrogen-bond donors (Lipinski definition) is 2. The van der Waals surface area contributed by atoms with Crippen molar-refractivity contribution in [3.63, 3.8) is 0 Å². The molecule has 102 valence electrons. The van der Waals surface area contributed by atoms with Crippen LogP contribution in [0.5, 0.6) is 11.5 Å². The Morgan fingerprint density at radius 2 is 2.00 bits per heavy atom. The highest BCUT2D eigenvalue weighted by Crippen LogP contribution is 2.31. The summed E-state index contributed by atoms with van der Waals surface area (Å²) in [5, 5.41) is 30.4. The molecule has 0 aromatic heterocycles. The molecule has 0 heterocycles. The Balaban J connectivity index is 2.37. The van der Waals surface area contributed by atoms with Gasteiger partial charge in [0.2, 0.25) is 5.75 Å². The van der Waals surface area contributed by atoms with Gasteiger partial charge in [-0.25, -0.2) is 0 Å². The molecule has 0 amide bonds. The van der Waals surface area contributed by atoms with Crippen LogP contribution in [0.1, 0.15) is 5.56 Å². The number of para-hydroxylation sites is 1. The van der Waals surface area contributed by atoms with Crippen LogP contribution >= 0.6 is 11.6 Å². The fourth-order valence-electron chi connectivity index (χ4n) is 1.55. The topological polar surface area (TPSA) is 96.0 Å². The number of halogens is 1. The Labute approximate surface area is 118 Å². The molecule has 0 unspecified atom stereocenters. The Morgan fingerprint density at radius 3 is 2.65 bits per heavy atom. The number of nitro groups is 1. The standard InChI is InChI=1S/C13H9ClN2O4/c14-9-4-5-10(12(17)6-9)15-7-8-2-1-3-11(13(8)18)16(19)20/h1-7,17-18H. The maximum Gasteiger partial charge on any atom is 0.311 e. The molecule has 0 saturated carbocycles. The van der Waals surface area contributed by atoms with Crippen molar-refractivity contribution in [3.05, 3.63) is 57.1 Å². The van der Waals surface area contributed by atoms with Crippen LogP contribution in [0.15, 0.2) is 41.4 Å². The number of phenols is 2. The molecule has 0 aliphatic heterocycles. The zero-order valence-corrected chi connectivity index (χ0v) is 10.8. The van der Waals surface area contributed by atoms with Crippen molar-refractivity contribution < 1.29 is 15.1 Å². The molecule has 0 atom stereocenters. The van der Waals surface area contributed by atoms with E-state index in [-0.39, 0.29) is 17.0 Å². The molecule has 0 saturated heterocycles. The summed E-state index contributed by atoms with van der Waals surface area (Å²) in [6.45, 7) is 0. The van der Waals surface area contributed by atoms with E-state index in [0.717, 1.165) is 0 Å². The smallest absolute Gasteiger partial charge is 0.311 e. The van der Waals surface area contributed by atoms with Crippen molar-refractivity contribution in [2.45, 2.75) is 0 Å². The summed E-state index contributed by atoms with van der Waals surface area (Å²) in [6, 6.07) is 8.44. The van der Waals surface area contributed by atoms with Gasteiger partial charge in [0.15, 0.2) is 0 Å². The van der Waals surface area contributed by atoms with E-state index in [4.69, 9.17) is 11.6 Å². The zero-order valence-electron chi connectivity index (χ0n) is 10.0. The summed E-state index contributed by atoms with van der Waals surface area (Å²) >= 11 is 5.69. The normalized spacial score (nSPS) is 10.8. The average Bonchev–Trinajstić information content (AvgIpc) is 2.39. The molecule has 2 aromatic rings. The molecule has 6 nitrogen and oxygen atoms in total. The van der Waals surface area contributed by atoms with E-state index < -0.39 is 16.4 Å². The van der Waals surface area contributed by atoms with Crippen molar-refractivity contribution in [2.24, 2.45) is 4.99 Å². The number of nitrogens with zero attached hydrogens (tertiary/aromatic N) is 2. The van der Waals surface area contributed by atoms with Gasteiger partial charge in [0, 0.05) is 28.9 Å². The molecule has 2 rings (SSSR count). The summed E-state index contributed by atoms with van der Waals surface area (Å²) in [5.74, 6) is -0.603. The average molecular weight is 293 g/mol. The van der Waals surface area contributed by atoms with Gasteiger partial charge < -0.3 is 10.2 Å². The van der Waals surface area contributed by atoms with Gasteiger partial charge >= 0.3 is 5.69 Å². The molecule has 7 heteroatoms. The monoisotopic (exact) mass is 292 g/mol. The van der Waals surface area contributed by atoms with E-state index in [1.54, 1.807) is 6.07 Å². The Kier molecular flexibility index (Phi) is 3.86. The number of nitro benzene ring substituents is 1. The van der Waals surface area contributed by atoms with Crippen LogP contribution in [0.2, 0.25) is 5.02 Å². The fourth-order valence-corrected chi connectivity index (χ4v) is 1.71. The van der Waals surface area contributed by atoms with Gasteiger partial charge in [-0.05, 0) is 18.2 Å². The largest absolute Gasteiger partial charge is 0.506 e. The van der Waals surface area contributed by atoms with Crippen molar-refractivity contribution in [2.75, 3.05) is 0 Å². The van der Waals surface area contributed by atoms with Crippen LogP contribution in [-0.4, -0.2) is 21.4 Å². The highest BCUT2D eigenvalue weighted by atomic mass is 35.5. The lowest BCUT2D eigenvalue weighted by atomic mass is 10.2. The molecule has 0 spiro atoms. The van der Waals surface area contributed by atoms with Crippen molar-refractivity contribution in [1.82, 2.24) is 0 Å². The Bertz CT molecular complexity index is 701. The molecule has 0 fully saturated rings. The third-order valence-corrected chi connectivity index (χ3v) is 2.76. The zero-order chi connectivity index (χ0) is 14.7. The van der Waals surface area contributed by atoms with Gasteiger partial charge in [-0.2, -0.15) is 0 Å². The maximum absolute atomic E-state index is 10.7. The van der Waals surface area contributed by atoms with Crippen LogP contribution in [0.25, 0.3) is 0 Å². The fraction of sp³-hybridized carbons (Fsp3) is 0. The molecular weight excluding hydrogens is 284 g/mol. The van der Waals surface area contributed by atoms with Gasteiger partial charge in [-0.15, -0.1) is 0 Å². The lowest BCUT2D eigenvalue weighted by Crippen LogP contribution is -1.91. The summed E-state index contributed by atoms with van der Waals surface area (Å²) in [4.78, 5) is 14.0. The molecule has 0 bridgehead atoms. The maximum atomic E-state index is 10.7. The van der Waals surface area contributed by atoms with Crippen molar-refractivity contribution >= 4 is 29.2 Å². The van der Waals surface area contributed by atoms with Gasteiger partial charge in [-0.3, -0.25) is 15.1 Å². The third-order valence-electron chi connectivity index (χ3n) is 2.52. The summed E-state index contributed by atoms with van der Waals surface area (Å²) < 4.78 is 0. The lowest BCUT2D eigenvalue weighted by molar-refractivity contribution is -0.385. The molecule has 0 radical (unpaired) electrons. The second-order valence-electron chi connectivity index (χ2n) is 3.86. The van der Waals surface area contributed by atoms with E-state index in [1.165, 1.54) is 36.5 Å². The first kappa shape index (κ1) is 13.8.